The SMILES string of the molecule is C=C/C=C\c1cccc(-c2c3ccccc3c(-c3ccc4c(c3)oc3c5ccccc5c5c6ccccc6oc5c43)c3ccccc23)c1. The Kier molecular flexibility index (Phi) is 5.76. The van der Waals surface area contributed by atoms with Crippen LogP contribution < -0.4 is 0 Å². The Morgan fingerprint density at radius 2 is 0.979 bits per heavy atom. The summed E-state index contributed by atoms with van der Waals surface area (Å²) < 4.78 is 13.4. The van der Waals surface area contributed by atoms with Crippen LogP contribution in [0.15, 0.2) is 167 Å². The van der Waals surface area contributed by atoms with Gasteiger partial charge in [-0.25, -0.2) is 0 Å². The predicted octanol–water partition coefficient (Wildman–Crippen LogP) is 13.5. The van der Waals surface area contributed by atoms with Gasteiger partial charge in [0.2, 0.25) is 0 Å². The Labute approximate surface area is 276 Å². The number of furan rings is 2. The molecule has 2 aromatic heterocycles. The second-order valence-corrected chi connectivity index (χ2v) is 12.4. The maximum Gasteiger partial charge on any atom is 0.147 e. The smallest absolute Gasteiger partial charge is 0.147 e. The molecule has 10 rings (SSSR count). The molecule has 0 atom stereocenters. The summed E-state index contributed by atoms with van der Waals surface area (Å²) in [6.07, 6.45) is 5.89. The van der Waals surface area contributed by atoms with Crippen LogP contribution in [0.2, 0.25) is 0 Å². The van der Waals surface area contributed by atoms with Gasteiger partial charge in [-0.1, -0.05) is 140 Å². The minimum absolute atomic E-state index is 0.847. The second-order valence-electron chi connectivity index (χ2n) is 12.4. The van der Waals surface area contributed by atoms with Crippen LogP contribution in [-0.2, 0) is 0 Å². The molecule has 2 heterocycles. The van der Waals surface area contributed by atoms with Gasteiger partial charge in [0, 0.05) is 21.5 Å². The van der Waals surface area contributed by atoms with Crippen molar-refractivity contribution in [2.24, 2.45) is 0 Å². The van der Waals surface area contributed by atoms with Gasteiger partial charge in [-0.15, -0.1) is 0 Å². The van der Waals surface area contributed by atoms with Gasteiger partial charge in [-0.05, 0) is 79.0 Å². The van der Waals surface area contributed by atoms with Gasteiger partial charge < -0.3 is 8.83 Å². The lowest BCUT2D eigenvalue weighted by atomic mass is 9.85. The molecule has 8 aromatic carbocycles. The Morgan fingerprint density at radius 3 is 1.67 bits per heavy atom. The zero-order valence-electron chi connectivity index (χ0n) is 26.0. The van der Waals surface area contributed by atoms with Crippen LogP contribution in [0.4, 0.5) is 0 Å². The van der Waals surface area contributed by atoms with Gasteiger partial charge in [-0.2, -0.15) is 0 Å². The third-order valence-electron chi connectivity index (χ3n) is 9.77. The van der Waals surface area contributed by atoms with E-state index >= 15 is 0 Å². The topological polar surface area (TPSA) is 26.3 Å². The number of allylic oxidation sites excluding steroid dienone is 2. The molecule has 0 aliphatic heterocycles. The number of fused-ring (bicyclic) bond motifs is 12. The average molecular weight is 613 g/mol. The van der Waals surface area contributed by atoms with E-state index in [1.54, 1.807) is 0 Å². The zero-order valence-corrected chi connectivity index (χ0v) is 26.0. The van der Waals surface area contributed by atoms with E-state index in [0.29, 0.717) is 0 Å². The van der Waals surface area contributed by atoms with E-state index in [1.165, 1.54) is 38.2 Å². The van der Waals surface area contributed by atoms with Crippen molar-refractivity contribution < 1.29 is 8.83 Å². The zero-order chi connectivity index (χ0) is 31.8. The Morgan fingerprint density at radius 1 is 0.417 bits per heavy atom. The van der Waals surface area contributed by atoms with Crippen molar-refractivity contribution in [3.63, 3.8) is 0 Å². The summed E-state index contributed by atoms with van der Waals surface area (Å²) >= 11 is 0. The van der Waals surface area contributed by atoms with Crippen molar-refractivity contribution in [1.29, 1.82) is 0 Å². The highest BCUT2D eigenvalue weighted by Gasteiger charge is 2.22. The number of rotatable bonds is 4. The van der Waals surface area contributed by atoms with Crippen molar-refractivity contribution in [1.82, 2.24) is 0 Å². The molecule has 10 aromatic rings. The molecule has 0 bridgehead atoms. The molecule has 0 amide bonds. The first-order chi connectivity index (χ1) is 23.8. The highest BCUT2D eigenvalue weighted by atomic mass is 16.3. The van der Waals surface area contributed by atoms with E-state index in [4.69, 9.17) is 8.83 Å². The normalized spacial score (nSPS) is 12.2. The molecule has 0 aliphatic carbocycles. The van der Waals surface area contributed by atoms with E-state index in [-0.39, 0.29) is 0 Å². The molecular formula is C46H28O2. The van der Waals surface area contributed by atoms with Crippen molar-refractivity contribution >= 4 is 82.3 Å². The Hall–Kier alpha value is -6.38. The molecule has 224 valence electrons. The van der Waals surface area contributed by atoms with E-state index in [1.807, 2.05) is 24.3 Å². The Balaban J connectivity index is 1.28. The van der Waals surface area contributed by atoms with E-state index in [0.717, 1.165) is 65.8 Å². The van der Waals surface area contributed by atoms with Crippen LogP contribution in [0.25, 0.3) is 105 Å². The summed E-state index contributed by atoms with van der Waals surface area (Å²) in [5.41, 5.74) is 9.36. The van der Waals surface area contributed by atoms with Gasteiger partial charge in [-0.3, -0.25) is 0 Å². The quantitative estimate of drug-likeness (QED) is 0.146. The number of para-hydroxylation sites is 1. The van der Waals surface area contributed by atoms with Gasteiger partial charge in [0.25, 0.3) is 0 Å². The number of benzene rings is 8. The van der Waals surface area contributed by atoms with Crippen LogP contribution in [0.1, 0.15) is 5.56 Å². The minimum Gasteiger partial charge on any atom is -0.455 e. The van der Waals surface area contributed by atoms with E-state index in [2.05, 4.69) is 140 Å². The van der Waals surface area contributed by atoms with E-state index < -0.39 is 0 Å². The molecule has 0 spiro atoms. The van der Waals surface area contributed by atoms with Crippen molar-refractivity contribution in [2.75, 3.05) is 0 Å². The van der Waals surface area contributed by atoms with Crippen molar-refractivity contribution in [3.8, 4) is 22.3 Å². The first-order valence-electron chi connectivity index (χ1n) is 16.3. The highest BCUT2D eigenvalue weighted by Crippen LogP contribution is 2.47. The molecule has 0 N–H and O–H groups in total. The maximum absolute atomic E-state index is 6.82. The minimum atomic E-state index is 0.847. The molecule has 0 unspecified atom stereocenters. The summed E-state index contributed by atoms with van der Waals surface area (Å²) in [4.78, 5) is 0. The molecule has 0 fully saturated rings. The lowest BCUT2D eigenvalue weighted by Crippen LogP contribution is -1.91. The summed E-state index contributed by atoms with van der Waals surface area (Å²) in [5.74, 6) is 0. The molecule has 0 saturated carbocycles. The fourth-order valence-corrected chi connectivity index (χ4v) is 7.78. The first-order valence-corrected chi connectivity index (χ1v) is 16.3. The van der Waals surface area contributed by atoms with Crippen LogP contribution in [0.5, 0.6) is 0 Å². The number of hydrogen-bond donors (Lipinski definition) is 0. The fraction of sp³-hybridized carbons (Fsp3) is 0. The number of hydrogen-bond acceptors (Lipinski definition) is 2. The van der Waals surface area contributed by atoms with Crippen LogP contribution in [0.3, 0.4) is 0 Å². The lowest BCUT2D eigenvalue weighted by Gasteiger charge is -2.18. The van der Waals surface area contributed by atoms with E-state index in [9.17, 15) is 0 Å². The summed E-state index contributed by atoms with van der Waals surface area (Å²) in [6.45, 7) is 3.85. The summed E-state index contributed by atoms with van der Waals surface area (Å²) in [6, 6.07) is 49.7. The predicted molar refractivity (Wildman–Crippen MR) is 204 cm³/mol. The largest absolute Gasteiger partial charge is 0.455 e. The summed E-state index contributed by atoms with van der Waals surface area (Å²) in [7, 11) is 0. The van der Waals surface area contributed by atoms with Crippen LogP contribution in [0, 0.1) is 0 Å². The molecule has 0 aliphatic rings. The maximum atomic E-state index is 6.82. The standard InChI is InChI=1S/C46H28O2/c1-2-3-13-28-14-12-15-29(26-28)41-31-16-4-6-18-33(31)42(34-19-7-5-17-32(34)41)30-24-25-38-40(27-30)48-45-36-21-9-8-20-35(36)43-37-22-10-11-23-39(37)47-46(43)44(38)45/h2-27H,1H2/b13-3-. The molecule has 0 radical (unpaired) electrons. The van der Waals surface area contributed by atoms with Crippen LogP contribution >= 0.6 is 0 Å². The van der Waals surface area contributed by atoms with Gasteiger partial charge in [0.05, 0.1) is 5.39 Å². The monoisotopic (exact) mass is 612 g/mol. The first kappa shape index (κ1) is 26.8. The average Bonchev–Trinajstić information content (AvgIpc) is 3.72. The molecule has 2 heteroatoms. The molecular weight excluding hydrogens is 585 g/mol. The van der Waals surface area contributed by atoms with Crippen molar-refractivity contribution in [2.45, 2.75) is 0 Å². The second kappa shape index (κ2) is 10.3. The third kappa shape index (κ3) is 3.81. The van der Waals surface area contributed by atoms with Gasteiger partial charge >= 0.3 is 0 Å². The lowest BCUT2D eigenvalue weighted by molar-refractivity contribution is 0.665. The van der Waals surface area contributed by atoms with Gasteiger partial charge in [0.1, 0.15) is 22.3 Å². The molecule has 48 heavy (non-hydrogen) atoms. The third-order valence-corrected chi connectivity index (χ3v) is 9.77. The molecule has 0 saturated heterocycles. The Bertz CT molecular complexity index is 2910. The summed E-state index contributed by atoms with van der Waals surface area (Å²) in [5, 5.41) is 11.4. The highest BCUT2D eigenvalue weighted by molar-refractivity contribution is 6.34. The van der Waals surface area contributed by atoms with Crippen LogP contribution in [-0.4, -0.2) is 0 Å². The molecule has 2 nitrogen and oxygen atoms in total. The van der Waals surface area contributed by atoms with Crippen molar-refractivity contribution in [3.05, 3.63) is 164 Å². The van der Waals surface area contributed by atoms with Gasteiger partial charge in [0.15, 0.2) is 0 Å². The fourth-order valence-electron chi connectivity index (χ4n) is 7.78.